The molecule has 0 radical (unpaired) electrons. The summed E-state index contributed by atoms with van der Waals surface area (Å²) in [5.41, 5.74) is -0.556. The Morgan fingerprint density at radius 1 is 0.939 bits per heavy atom. The summed E-state index contributed by atoms with van der Waals surface area (Å²) in [6.07, 6.45) is 0. The van der Waals surface area contributed by atoms with Crippen LogP contribution in [-0.2, 0) is 6.54 Å². The maximum Gasteiger partial charge on any atom is 0.446 e. The molecule has 0 bridgehead atoms. The van der Waals surface area contributed by atoms with Gasteiger partial charge in [0, 0.05) is 10.3 Å². The Bertz CT molecular complexity index is 1240. The minimum atomic E-state index is -4.31. The summed E-state index contributed by atoms with van der Waals surface area (Å²) in [6.45, 7) is 0.618. The van der Waals surface area contributed by atoms with Crippen LogP contribution < -0.4 is 9.54 Å². The number of nitrogens with zero attached hydrogens (tertiary/aromatic N) is 2. The molecule has 0 unspecified atom stereocenters. The summed E-state index contributed by atoms with van der Waals surface area (Å²) in [7, 11) is 1.63. The van der Waals surface area contributed by atoms with E-state index in [-0.39, 0.29) is 33.6 Å². The summed E-state index contributed by atoms with van der Waals surface area (Å²) in [4.78, 5) is 5.62. The van der Waals surface area contributed by atoms with E-state index in [1.165, 1.54) is 23.5 Å². The lowest BCUT2D eigenvalue weighted by Crippen LogP contribution is -2.16. The first kappa shape index (κ1) is 25.1. The molecule has 0 N–H and O–H groups in total. The Balaban J connectivity index is 0.00000306. The van der Waals surface area contributed by atoms with Gasteiger partial charge in [0.2, 0.25) is 0 Å². The number of benzene rings is 3. The zero-order valence-corrected chi connectivity index (χ0v) is 20.8. The second-order valence-corrected chi connectivity index (χ2v) is 8.83. The third kappa shape index (κ3) is 6.75. The number of rotatable bonds is 6. The molecule has 0 fully saturated rings. The lowest BCUT2D eigenvalue weighted by molar-refractivity contribution is -0.0328. The number of halogens is 4. The van der Waals surface area contributed by atoms with Crippen LogP contribution in [-0.4, -0.2) is 17.2 Å². The lowest BCUT2D eigenvalue weighted by Gasteiger charge is -2.10. The molecule has 172 valence electrons. The van der Waals surface area contributed by atoms with E-state index in [0.29, 0.717) is 12.2 Å². The van der Waals surface area contributed by atoms with Gasteiger partial charge in [0.25, 0.3) is 0 Å². The van der Waals surface area contributed by atoms with E-state index in [9.17, 15) is 13.2 Å². The van der Waals surface area contributed by atoms with E-state index in [0.717, 1.165) is 27.4 Å². The molecule has 0 aliphatic carbocycles. The minimum absolute atomic E-state index is 0. The Hall–Kier alpha value is -2.49. The number of thiazole rings is 1. The number of hydrogen-bond acceptors (Lipinski definition) is 4. The molecular weight excluding hydrogens is 533 g/mol. The number of ether oxygens (including phenoxy) is 1. The van der Waals surface area contributed by atoms with E-state index in [1.807, 2.05) is 47.8 Å². The highest BCUT2D eigenvalue weighted by Gasteiger charge is 2.29. The van der Waals surface area contributed by atoms with Crippen molar-refractivity contribution >= 4 is 45.8 Å². The molecule has 0 saturated heterocycles. The zero-order chi connectivity index (χ0) is 22.6. The number of aromatic nitrogens is 1. The van der Waals surface area contributed by atoms with Crippen LogP contribution >= 0.6 is 40.1 Å². The maximum atomic E-state index is 12.6. The smallest absolute Gasteiger partial charge is 0.446 e. The monoisotopic (exact) mass is 552 g/mol. The number of thioether (sulfide) groups is 1. The third-order valence-electron chi connectivity index (χ3n) is 4.66. The van der Waals surface area contributed by atoms with Gasteiger partial charge in [-0.1, -0.05) is 30.3 Å². The Labute approximate surface area is 208 Å². The summed E-state index contributed by atoms with van der Waals surface area (Å²) < 4.78 is 45.1. The summed E-state index contributed by atoms with van der Waals surface area (Å²) in [5, 5.41) is 2.04. The van der Waals surface area contributed by atoms with Crippen LogP contribution in [0.4, 0.5) is 18.9 Å². The normalized spacial score (nSPS) is 11.8. The van der Waals surface area contributed by atoms with Crippen molar-refractivity contribution in [1.29, 1.82) is 0 Å². The van der Waals surface area contributed by atoms with Gasteiger partial charge in [-0.15, -0.1) is 28.3 Å². The van der Waals surface area contributed by atoms with Crippen LogP contribution in [0, 0.1) is 0 Å². The summed E-state index contributed by atoms with van der Waals surface area (Å²) >= 11 is 1.36. The van der Waals surface area contributed by atoms with Crippen molar-refractivity contribution in [1.82, 2.24) is 4.57 Å². The Kier molecular flexibility index (Phi) is 8.45. The van der Waals surface area contributed by atoms with Crippen molar-refractivity contribution in [2.75, 3.05) is 7.11 Å². The molecule has 0 amide bonds. The van der Waals surface area contributed by atoms with Gasteiger partial charge in [0.15, 0.2) is 4.80 Å². The molecule has 0 aliphatic heterocycles. The molecule has 1 aromatic heterocycles. The first-order valence-electron chi connectivity index (χ1n) is 9.68. The van der Waals surface area contributed by atoms with Gasteiger partial charge in [-0.25, -0.2) is 4.99 Å². The maximum absolute atomic E-state index is 12.6. The second kappa shape index (κ2) is 11.1. The SMILES string of the molecule is Br.COc1ccc(-c2csc(=Nc3ccc(SC(F)(F)F)cc3)n2Cc2ccccc2)cc1. The average Bonchev–Trinajstić information content (AvgIpc) is 3.17. The quantitative estimate of drug-likeness (QED) is 0.229. The lowest BCUT2D eigenvalue weighted by atomic mass is 10.1. The molecule has 4 aromatic rings. The van der Waals surface area contributed by atoms with Crippen molar-refractivity contribution in [2.45, 2.75) is 16.9 Å². The fraction of sp³-hybridized carbons (Fsp3) is 0.125. The highest BCUT2D eigenvalue weighted by atomic mass is 79.9. The highest BCUT2D eigenvalue weighted by molar-refractivity contribution is 8.93. The molecule has 0 atom stereocenters. The number of hydrogen-bond donors (Lipinski definition) is 0. The number of methoxy groups -OCH3 is 1. The molecule has 3 nitrogen and oxygen atoms in total. The van der Waals surface area contributed by atoms with Crippen molar-refractivity contribution < 1.29 is 17.9 Å². The van der Waals surface area contributed by atoms with Crippen molar-refractivity contribution in [3.8, 4) is 17.0 Å². The van der Waals surface area contributed by atoms with Gasteiger partial charge in [-0.05, 0) is 71.4 Å². The van der Waals surface area contributed by atoms with Crippen LogP contribution in [0.5, 0.6) is 5.75 Å². The molecular formula is C24H20BrF3N2OS2. The topological polar surface area (TPSA) is 26.5 Å². The summed E-state index contributed by atoms with van der Waals surface area (Å²) in [6, 6.07) is 24.0. The van der Waals surface area contributed by atoms with Crippen LogP contribution in [0.3, 0.4) is 0 Å². The van der Waals surface area contributed by atoms with Gasteiger partial charge < -0.3 is 9.30 Å². The predicted octanol–water partition coefficient (Wildman–Crippen LogP) is 7.70. The predicted molar refractivity (Wildman–Crippen MR) is 134 cm³/mol. The van der Waals surface area contributed by atoms with E-state index >= 15 is 0 Å². The highest BCUT2D eigenvalue weighted by Crippen LogP contribution is 2.37. The molecule has 0 aliphatic rings. The van der Waals surface area contributed by atoms with Crippen LogP contribution in [0.2, 0.25) is 0 Å². The molecule has 0 saturated carbocycles. The Morgan fingerprint density at radius 3 is 2.21 bits per heavy atom. The van der Waals surface area contributed by atoms with Crippen molar-refractivity contribution in [3.05, 3.63) is 94.6 Å². The number of alkyl halides is 3. The first-order chi connectivity index (χ1) is 15.4. The van der Waals surface area contributed by atoms with Gasteiger partial charge in [0.1, 0.15) is 5.75 Å². The largest absolute Gasteiger partial charge is 0.497 e. The van der Waals surface area contributed by atoms with E-state index in [1.54, 1.807) is 19.2 Å². The van der Waals surface area contributed by atoms with Gasteiger partial charge in [-0.3, -0.25) is 0 Å². The Morgan fingerprint density at radius 2 is 1.61 bits per heavy atom. The third-order valence-corrected chi connectivity index (χ3v) is 6.26. The van der Waals surface area contributed by atoms with E-state index in [2.05, 4.69) is 16.7 Å². The molecule has 1 heterocycles. The fourth-order valence-electron chi connectivity index (χ4n) is 3.16. The standard InChI is InChI=1S/C24H19F3N2OS2.BrH/c1-30-20-11-7-18(8-12-20)22-16-31-23(29(22)15-17-5-3-2-4-6-17)28-19-9-13-21(14-10-19)32-24(25,26)27;/h2-14,16H,15H2,1H3;1H. The van der Waals surface area contributed by atoms with Crippen LogP contribution in [0.1, 0.15) is 5.56 Å². The minimum Gasteiger partial charge on any atom is -0.497 e. The van der Waals surface area contributed by atoms with Crippen LogP contribution in [0.25, 0.3) is 11.3 Å². The molecule has 33 heavy (non-hydrogen) atoms. The molecule has 3 aromatic carbocycles. The van der Waals surface area contributed by atoms with Crippen LogP contribution in [0.15, 0.2) is 94.1 Å². The molecule has 9 heteroatoms. The van der Waals surface area contributed by atoms with E-state index < -0.39 is 5.51 Å². The fourth-order valence-corrected chi connectivity index (χ4v) is 4.63. The average molecular weight is 553 g/mol. The first-order valence-corrected chi connectivity index (χ1v) is 11.4. The molecule has 0 spiro atoms. The van der Waals surface area contributed by atoms with Gasteiger partial charge in [0.05, 0.1) is 25.0 Å². The van der Waals surface area contributed by atoms with Crippen molar-refractivity contribution in [3.63, 3.8) is 0 Å². The van der Waals surface area contributed by atoms with E-state index in [4.69, 9.17) is 9.73 Å². The molecule has 4 rings (SSSR count). The zero-order valence-electron chi connectivity index (χ0n) is 17.5. The van der Waals surface area contributed by atoms with Gasteiger partial charge in [-0.2, -0.15) is 13.2 Å². The summed E-state index contributed by atoms with van der Waals surface area (Å²) in [5.74, 6) is 0.778. The van der Waals surface area contributed by atoms with Crippen molar-refractivity contribution in [2.24, 2.45) is 4.99 Å². The van der Waals surface area contributed by atoms with Gasteiger partial charge >= 0.3 is 5.51 Å². The second-order valence-electron chi connectivity index (χ2n) is 6.86.